The van der Waals surface area contributed by atoms with Crippen LogP contribution in [-0.2, 0) is 0 Å². The van der Waals surface area contributed by atoms with E-state index in [1.165, 1.54) is 0 Å². The van der Waals surface area contributed by atoms with E-state index in [0.29, 0.717) is 17.2 Å². The number of hydrogen-bond donors (Lipinski definition) is 4. The number of amides is 1. The average Bonchev–Trinajstić information content (AvgIpc) is 3.62. The predicted octanol–water partition coefficient (Wildman–Crippen LogP) is 6.15. The summed E-state index contributed by atoms with van der Waals surface area (Å²) in [5.74, 6) is 2.42. The van der Waals surface area contributed by atoms with Crippen LogP contribution >= 0.6 is 0 Å². The van der Waals surface area contributed by atoms with Gasteiger partial charge in [-0.1, -0.05) is 60.7 Å². The predicted molar refractivity (Wildman–Crippen MR) is 167 cm³/mol. The van der Waals surface area contributed by atoms with E-state index in [1.807, 2.05) is 116 Å². The molecule has 2 aliphatic heterocycles. The molecule has 0 spiro atoms. The van der Waals surface area contributed by atoms with Gasteiger partial charge in [0.15, 0.2) is 5.84 Å². The lowest BCUT2D eigenvalue weighted by Crippen LogP contribution is -2.42. The highest BCUT2D eigenvalue weighted by Gasteiger charge is 2.35. The lowest BCUT2D eigenvalue weighted by atomic mass is 9.91. The van der Waals surface area contributed by atoms with Crippen molar-refractivity contribution in [3.8, 4) is 11.5 Å². The van der Waals surface area contributed by atoms with Gasteiger partial charge in [0.25, 0.3) is 5.91 Å². The molecule has 206 valence electrons. The molecule has 0 saturated carbocycles. The number of benzene rings is 4. The van der Waals surface area contributed by atoms with E-state index >= 15 is 0 Å². The summed E-state index contributed by atoms with van der Waals surface area (Å²) in [4.78, 5) is 18.6. The summed E-state index contributed by atoms with van der Waals surface area (Å²) in [6.07, 6.45) is 1.85. The van der Waals surface area contributed by atoms with Crippen molar-refractivity contribution in [3.05, 3.63) is 138 Å². The number of para-hydroxylation sites is 2. The lowest BCUT2D eigenvalue weighted by molar-refractivity contribution is 0.102. The van der Waals surface area contributed by atoms with Crippen LogP contribution in [0, 0.1) is 0 Å². The molecule has 0 aliphatic carbocycles. The number of rotatable bonds is 6. The summed E-state index contributed by atoms with van der Waals surface area (Å²) >= 11 is 0. The van der Waals surface area contributed by atoms with E-state index in [1.54, 1.807) is 0 Å². The number of fused-ring (bicyclic) bond motifs is 2. The van der Waals surface area contributed by atoms with E-state index < -0.39 is 0 Å². The van der Waals surface area contributed by atoms with Crippen LogP contribution in [0.15, 0.2) is 126 Å². The molecule has 0 bridgehead atoms. The molecule has 8 heteroatoms. The van der Waals surface area contributed by atoms with Crippen LogP contribution < -0.4 is 21.2 Å². The second kappa shape index (κ2) is 10.3. The Labute approximate surface area is 242 Å². The van der Waals surface area contributed by atoms with Crippen LogP contribution in [0.25, 0.3) is 22.2 Å². The maximum atomic E-state index is 13.2. The van der Waals surface area contributed by atoms with Gasteiger partial charge in [-0.3, -0.25) is 10.2 Å². The number of carbonyl (C=O) groups is 1. The number of nitrogens with one attached hydrogen (secondary N) is 3. The van der Waals surface area contributed by atoms with Crippen molar-refractivity contribution in [3.63, 3.8) is 0 Å². The number of aromatic nitrogens is 1. The Kier molecular flexibility index (Phi) is 6.20. The van der Waals surface area contributed by atoms with Crippen molar-refractivity contribution in [2.45, 2.75) is 6.17 Å². The molecule has 8 nitrogen and oxygen atoms in total. The van der Waals surface area contributed by atoms with Gasteiger partial charge in [-0.25, -0.2) is 0 Å². The van der Waals surface area contributed by atoms with Crippen molar-refractivity contribution in [1.82, 2.24) is 15.3 Å². The molecule has 1 atom stereocenters. The van der Waals surface area contributed by atoms with Gasteiger partial charge in [0.1, 0.15) is 23.5 Å². The molecule has 5 N–H and O–H groups in total. The largest absolute Gasteiger partial charge is 0.457 e. The van der Waals surface area contributed by atoms with E-state index in [2.05, 4.69) is 31.8 Å². The number of hydrazone groups is 1. The molecule has 3 heterocycles. The van der Waals surface area contributed by atoms with Gasteiger partial charge in [0, 0.05) is 34.8 Å². The highest BCUT2D eigenvalue weighted by Crippen LogP contribution is 2.37. The van der Waals surface area contributed by atoms with Crippen molar-refractivity contribution in [2.75, 3.05) is 12.4 Å². The lowest BCUT2D eigenvalue weighted by Gasteiger charge is -2.34. The number of anilines is 1. The Bertz CT molecular complexity index is 1870. The monoisotopic (exact) mass is 552 g/mol. The summed E-state index contributed by atoms with van der Waals surface area (Å²) < 4.78 is 5.99. The van der Waals surface area contributed by atoms with Gasteiger partial charge in [0.05, 0.1) is 0 Å². The van der Waals surface area contributed by atoms with E-state index in [0.717, 1.165) is 50.4 Å². The third-order valence-electron chi connectivity index (χ3n) is 7.54. The quantitative estimate of drug-likeness (QED) is 0.202. The number of amidine groups is 1. The Balaban J connectivity index is 1.20. The Morgan fingerprint density at radius 1 is 0.881 bits per heavy atom. The summed E-state index contributed by atoms with van der Waals surface area (Å²) in [6, 6.07) is 35.1. The fourth-order valence-corrected chi connectivity index (χ4v) is 5.42. The fourth-order valence-electron chi connectivity index (χ4n) is 5.42. The first-order valence-electron chi connectivity index (χ1n) is 13.6. The highest BCUT2D eigenvalue weighted by atomic mass is 16.5. The first-order valence-corrected chi connectivity index (χ1v) is 13.6. The minimum Gasteiger partial charge on any atom is -0.457 e. The molecular weight excluding hydrogens is 524 g/mol. The molecule has 1 amide bonds. The summed E-state index contributed by atoms with van der Waals surface area (Å²) in [6.45, 7) is 0. The first kappa shape index (κ1) is 25.2. The van der Waals surface area contributed by atoms with Crippen LogP contribution in [0.2, 0.25) is 0 Å². The zero-order valence-electron chi connectivity index (χ0n) is 22.8. The zero-order chi connectivity index (χ0) is 28.6. The van der Waals surface area contributed by atoms with E-state index in [-0.39, 0.29) is 12.1 Å². The smallest absolute Gasteiger partial charge is 0.256 e. The minimum atomic E-state index is -0.246. The molecule has 0 radical (unpaired) electrons. The number of allylic oxidation sites excluding steroid dienone is 2. The first-order chi connectivity index (χ1) is 20.5. The number of nitrogens with two attached hydrogens (primary N) is 1. The average molecular weight is 553 g/mol. The third kappa shape index (κ3) is 4.65. The van der Waals surface area contributed by atoms with Crippen LogP contribution in [0.5, 0.6) is 11.5 Å². The molecule has 5 aromatic rings. The van der Waals surface area contributed by atoms with E-state index in [9.17, 15) is 4.79 Å². The van der Waals surface area contributed by atoms with Crippen LogP contribution in [-0.4, -0.2) is 34.8 Å². The zero-order valence-corrected chi connectivity index (χ0v) is 22.8. The highest BCUT2D eigenvalue weighted by molar-refractivity contribution is 6.10. The van der Waals surface area contributed by atoms with Crippen LogP contribution in [0.4, 0.5) is 5.82 Å². The maximum Gasteiger partial charge on any atom is 0.256 e. The van der Waals surface area contributed by atoms with E-state index in [4.69, 9.17) is 10.5 Å². The Morgan fingerprint density at radius 2 is 1.64 bits per heavy atom. The van der Waals surface area contributed by atoms with Gasteiger partial charge in [-0.15, -0.1) is 0 Å². The van der Waals surface area contributed by atoms with Gasteiger partial charge in [-0.05, 0) is 71.3 Å². The maximum absolute atomic E-state index is 13.2. The number of hydrogen-bond acceptors (Lipinski definition) is 6. The third-order valence-corrected chi connectivity index (χ3v) is 7.54. The topological polar surface area (TPSA) is 108 Å². The van der Waals surface area contributed by atoms with Crippen molar-refractivity contribution in [2.24, 2.45) is 10.8 Å². The second-order valence-corrected chi connectivity index (χ2v) is 10.2. The van der Waals surface area contributed by atoms with Gasteiger partial charge < -0.3 is 25.7 Å². The van der Waals surface area contributed by atoms with Gasteiger partial charge in [0.2, 0.25) is 0 Å². The van der Waals surface area contributed by atoms with Crippen molar-refractivity contribution < 1.29 is 9.53 Å². The summed E-state index contributed by atoms with van der Waals surface area (Å²) in [5.41, 5.74) is 15.7. The van der Waals surface area contributed by atoms with Crippen molar-refractivity contribution in [1.29, 1.82) is 0 Å². The summed E-state index contributed by atoms with van der Waals surface area (Å²) in [5, 5.41) is 8.37. The number of aromatic amines is 1. The second-order valence-electron chi connectivity index (χ2n) is 10.2. The van der Waals surface area contributed by atoms with Crippen LogP contribution in [0.3, 0.4) is 0 Å². The number of nitrogens with zero attached hydrogens (tertiary/aromatic N) is 2. The molecule has 7 rings (SSSR count). The number of carbonyl (C=O) groups excluding carboxylic acids is 1. The molecular formula is C34H28N6O2. The van der Waals surface area contributed by atoms with Crippen LogP contribution in [0.1, 0.15) is 21.5 Å². The molecule has 2 aliphatic rings. The normalized spacial score (nSPS) is 16.0. The SMILES string of the molecule is CN1C(c2cccc(C(=O)Nc3cc4ccccc4[nH]3)c2)=CC(c2ccc(Oc3ccccc3)cc2)=C2C(N)=NNC21. The molecule has 0 fully saturated rings. The van der Waals surface area contributed by atoms with Crippen molar-refractivity contribution >= 4 is 39.7 Å². The standard InChI is InChI=1S/C34H28N6O2/c1-40-29(23-9-7-10-24(18-23)34(41)37-30-19-22-8-5-6-13-28(22)36-30)20-27(31-32(35)38-39-33(31)40)21-14-16-26(17-15-21)42-25-11-3-2-4-12-25/h2-20,33,36,39H,1H3,(H2,35,38)(H,37,41). The number of ether oxygens (including phenoxy) is 1. The molecule has 1 unspecified atom stereocenters. The minimum absolute atomic E-state index is 0.195. The van der Waals surface area contributed by atoms with Gasteiger partial charge in [-0.2, -0.15) is 5.10 Å². The molecule has 0 saturated heterocycles. The number of H-pyrrole nitrogens is 1. The number of likely N-dealkylation sites (N-methyl/N-ethyl adjacent to an activating group) is 1. The van der Waals surface area contributed by atoms with Gasteiger partial charge >= 0.3 is 0 Å². The Morgan fingerprint density at radius 3 is 2.45 bits per heavy atom. The molecule has 1 aromatic heterocycles. The summed E-state index contributed by atoms with van der Waals surface area (Å²) in [7, 11) is 1.99. The fraction of sp³-hybridized carbons (Fsp3) is 0.0588. The Hall–Kier alpha value is -5.76. The molecule has 4 aromatic carbocycles. The molecule has 42 heavy (non-hydrogen) atoms.